The number of hydrogen-bond donors (Lipinski definition) is 0. The summed E-state index contributed by atoms with van der Waals surface area (Å²) in [6.07, 6.45) is 0.367. The smallest absolute Gasteiger partial charge is 0.305 e. The molecular weight excluding hydrogens is 208 g/mol. The van der Waals surface area contributed by atoms with E-state index in [1.54, 1.807) is 27.2 Å². The number of rotatable bonds is 5. The van der Waals surface area contributed by atoms with Crippen LogP contribution >= 0.6 is 0 Å². The molecule has 1 aromatic rings. The summed E-state index contributed by atoms with van der Waals surface area (Å²) in [6, 6.07) is 5.46. The van der Waals surface area contributed by atoms with Gasteiger partial charge in [0.05, 0.1) is 14.2 Å². The van der Waals surface area contributed by atoms with E-state index in [9.17, 15) is 4.79 Å². The van der Waals surface area contributed by atoms with Crippen LogP contribution in [0.1, 0.15) is 18.9 Å². The summed E-state index contributed by atoms with van der Waals surface area (Å²) in [6.45, 7) is 1.96. The van der Waals surface area contributed by atoms with Crippen molar-refractivity contribution in [2.24, 2.45) is 0 Å². The first-order chi connectivity index (χ1) is 7.72. The Kier molecular flexibility index (Phi) is 4.64. The van der Waals surface area contributed by atoms with Gasteiger partial charge in [-0.25, -0.2) is 0 Å². The summed E-state index contributed by atoms with van der Waals surface area (Å²) in [5, 5.41) is 0. The highest BCUT2D eigenvalue weighted by atomic mass is 16.5. The van der Waals surface area contributed by atoms with Crippen LogP contribution in [0.15, 0.2) is 18.2 Å². The van der Waals surface area contributed by atoms with Gasteiger partial charge in [0.15, 0.2) is 11.5 Å². The van der Waals surface area contributed by atoms with Crippen LogP contribution in [0, 0.1) is 0 Å². The van der Waals surface area contributed by atoms with Gasteiger partial charge >= 0.3 is 5.97 Å². The SMILES string of the molecule is CCC(=O)OCc1cccc(OC)c1OC. The molecule has 0 aliphatic heterocycles. The molecule has 16 heavy (non-hydrogen) atoms. The van der Waals surface area contributed by atoms with Crippen LogP contribution < -0.4 is 9.47 Å². The molecular formula is C12H16O4. The minimum absolute atomic E-state index is 0.201. The largest absolute Gasteiger partial charge is 0.493 e. The van der Waals surface area contributed by atoms with Gasteiger partial charge < -0.3 is 14.2 Å². The van der Waals surface area contributed by atoms with E-state index in [-0.39, 0.29) is 12.6 Å². The molecule has 0 aromatic heterocycles. The molecule has 0 amide bonds. The molecule has 0 spiro atoms. The maximum absolute atomic E-state index is 11.0. The Morgan fingerprint density at radius 1 is 1.25 bits per heavy atom. The van der Waals surface area contributed by atoms with E-state index in [1.807, 2.05) is 12.1 Å². The topological polar surface area (TPSA) is 44.8 Å². The number of ether oxygens (including phenoxy) is 3. The highest BCUT2D eigenvalue weighted by molar-refractivity contribution is 5.69. The predicted molar refractivity (Wildman–Crippen MR) is 59.6 cm³/mol. The van der Waals surface area contributed by atoms with Crippen LogP contribution in [0.4, 0.5) is 0 Å². The lowest BCUT2D eigenvalue weighted by molar-refractivity contribution is -0.144. The molecule has 0 unspecified atom stereocenters. The van der Waals surface area contributed by atoms with Gasteiger partial charge in [-0.1, -0.05) is 19.1 Å². The second kappa shape index (κ2) is 6.00. The number of methoxy groups -OCH3 is 2. The van der Waals surface area contributed by atoms with Gasteiger partial charge in [-0.2, -0.15) is 0 Å². The lowest BCUT2D eigenvalue weighted by atomic mass is 10.2. The molecule has 1 aromatic carbocycles. The quantitative estimate of drug-likeness (QED) is 0.719. The highest BCUT2D eigenvalue weighted by Gasteiger charge is 2.10. The number of carbonyl (C=O) groups excluding carboxylic acids is 1. The van der Waals surface area contributed by atoms with E-state index < -0.39 is 0 Å². The number of esters is 1. The van der Waals surface area contributed by atoms with Gasteiger partial charge in [-0.3, -0.25) is 4.79 Å². The summed E-state index contributed by atoms with van der Waals surface area (Å²) < 4.78 is 15.4. The minimum atomic E-state index is -0.232. The maximum atomic E-state index is 11.0. The minimum Gasteiger partial charge on any atom is -0.493 e. The van der Waals surface area contributed by atoms with Crippen LogP contribution in [-0.4, -0.2) is 20.2 Å². The fourth-order valence-electron chi connectivity index (χ4n) is 1.33. The highest BCUT2D eigenvalue weighted by Crippen LogP contribution is 2.31. The molecule has 0 saturated heterocycles. The van der Waals surface area contributed by atoms with Crippen molar-refractivity contribution >= 4 is 5.97 Å². The average Bonchev–Trinajstić information content (AvgIpc) is 2.34. The molecule has 0 saturated carbocycles. The van der Waals surface area contributed by atoms with Crippen LogP contribution in [0.2, 0.25) is 0 Å². The lowest BCUT2D eigenvalue weighted by Crippen LogP contribution is -2.04. The Hall–Kier alpha value is -1.71. The molecule has 88 valence electrons. The van der Waals surface area contributed by atoms with Crippen molar-refractivity contribution in [3.63, 3.8) is 0 Å². The second-order valence-electron chi connectivity index (χ2n) is 3.17. The van der Waals surface area contributed by atoms with E-state index in [0.717, 1.165) is 5.56 Å². The summed E-state index contributed by atoms with van der Waals surface area (Å²) in [5.74, 6) is 1.01. The summed E-state index contributed by atoms with van der Waals surface area (Å²) in [4.78, 5) is 11.0. The number of carbonyl (C=O) groups is 1. The molecule has 0 fully saturated rings. The Morgan fingerprint density at radius 2 is 2.00 bits per heavy atom. The fraction of sp³-hybridized carbons (Fsp3) is 0.417. The van der Waals surface area contributed by atoms with Crippen molar-refractivity contribution in [3.8, 4) is 11.5 Å². The Labute approximate surface area is 95.1 Å². The molecule has 0 radical (unpaired) electrons. The van der Waals surface area contributed by atoms with Gasteiger partial charge in [-0.05, 0) is 6.07 Å². The third-order valence-corrected chi connectivity index (χ3v) is 2.16. The van der Waals surface area contributed by atoms with Gasteiger partial charge in [0.25, 0.3) is 0 Å². The van der Waals surface area contributed by atoms with Crippen molar-refractivity contribution in [1.82, 2.24) is 0 Å². The van der Waals surface area contributed by atoms with Crippen molar-refractivity contribution in [3.05, 3.63) is 23.8 Å². The predicted octanol–water partition coefficient (Wildman–Crippen LogP) is 2.16. The third kappa shape index (κ3) is 2.89. The van der Waals surface area contributed by atoms with Crippen LogP contribution in [0.25, 0.3) is 0 Å². The Morgan fingerprint density at radius 3 is 2.56 bits per heavy atom. The monoisotopic (exact) mass is 224 g/mol. The summed E-state index contributed by atoms with van der Waals surface area (Å²) >= 11 is 0. The van der Waals surface area contributed by atoms with E-state index in [4.69, 9.17) is 14.2 Å². The van der Waals surface area contributed by atoms with E-state index in [2.05, 4.69) is 0 Å². The summed E-state index contributed by atoms with van der Waals surface area (Å²) in [7, 11) is 3.13. The molecule has 1 rings (SSSR count). The third-order valence-electron chi connectivity index (χ3n) is 2.16. The van der Waals surface area contributed by atoms with Crippen molar-refractivity contribution in [2.75, 3.05) is 14.2 Å². The van der Waals surface area contributed by atoms with Crippen molar-refractivity contribution in [1.29, 1.82) is 0 Å². The molecule has 4 heteroatoms. The number of para-hydroxylation sites is 1. The fourth-order valence-corrected chi connectivity index (χ4v) is 1.33. The van der Waals surface area contributed by atoms with Gasteiger partial charge in [-0.15, -0.1) is 0 Å². The van der Waals surface area contributed by atoms with Gasteiger partial charge in [0.1, 0.15) is 6.61 Å². The van der Waals surface area contributed by atoms with E-state index in [0.29, 0.717) is 17.9 Å². The summed E-state index contributed by atoms with van der Waals surface area (Å²) in [5.41, 5.74) is 0.795. The second-order valence-corrected chi connectivity index (χ2v) is 3.17. The Balaban J connectivity index is 2.82. The molecule has 0 aliphatic rings. The zero-order valence-corrected chi connectivity index (χ0v) is 9.78. The Bertz CT molecular complexity index is 360. The molecule has 0 bridgehead atoms. The maximum Gasteiger partial charge on any atom is 0.305 e. The zero-order valence-electron chi connectivity index (χ0n) is 9.78. The zero-order chi connectivity index (χ0) is 12.0. The first-order valence-electron chi connectivity index (χ1n) is 5.08. The van der Waals surface area contributed by atoms with E-state index in [1.165, 1.54) is 0 Å². The van der Waals surface area contributed by atoms with Crippen LogP contribution in [0.3, 0.4) is 0 Å². The molecule has 0 N–H and O–H groups in total. The van der Waals surface area contributed by atoms with Gasteiger partial charge in [0, 0.05) is 12.0 Å². The van der Waals surface area contributed by atoms with Crippen LogP contribution in [-0.2, 0) is 16.1 Å². The number of hydrogen-bond acceptors (Lipinski definition) is 4. The van der Waals surface area contributed by atoms with Crippen LogP contribution in [0.5, 0.6) is 11.5 Å². The molecule has 4 nitrogen and oxygen atoms in total. The van der Waals surface area contributed by atoms with Crippen molar-refractivity contribution < 1.29 is 19.0 Å². The average molecular weight is 224 g/mol. The van der Waals surface area contributed by atoms with Gasteiger partial charge in [0.2, 0.25) is 0 Å². The number of benzene rings is 1. The molecule has 0 atom stereocenters. The first kappa shape index (κ1) is 12.4. The standard InChI is InChI=1S/C12H16O4/c1-4-11(13)16-8-9-6-5-7-10(14-2)12(9)15-3/h5-7H,4,8H2,1-3H3. The lowest BCUT2D eigenvalue weighted by Gasteiger charge is -2.12. The molecule has 0 aliphatic carbocycles. The normalized spacial score (nSPS) is 9.69. The molecule has 0 heterocycles. The van der Waals surface area contributed by atoms with Crippen molar-refractivity contribution in [2.45, 2.75) is 20.0 Å². The first-order valence-corrected chi connectivity index (χ1v) is 5.08. The van der Waals surface area contributed by atoms with E-state index >= 15 is 0 Å².